The minimum Gasteiger partial charge on any atom is -0.445 e. The van der Waals surface area contributed by atoms with Crippen LogP contribution in [0, 0.1) is 11.3 Å². The third-order valence-corrected chi connectivity index (χ3v) is 3.66. The summed E-state index contributed by atoms with van der Waals surface area (Å²) in [6.45, 7) is 5.90. The molecule has 1 aliphatic rings. The van der Waals surface area contributed by atoms with E-state index < -0.39 is 0 Å². The second-order valence-corrected chi connectivity index (χ2v) is 6.34. The molecule has 4 nitrogen and oxygen atoms in total. The number of hydrogen-bond acceptors (Lipinski definition) is 3. The number of carbonyl (C=O) groups is 1. The molecule has 20 heavy (non-hydrogen) atoms. The van der Waals surface area contributed by atoms with Crippen molar-refractivity contribution in [1.29, 1.82) is 0 Å². The summed E-state index contributed by atoms with van der Waals surface area (Å²) in [5.74, 6) is 0.142. The minimum atomic E-state index is -0.292. The van der Waals surface area contributed by atoms with E-state index in [9.17, 15) is 9.90 Å². The number of hydrogen-bond donors (Lipinski definition) is 1. The number of amides is 1. The van der Waals surface area contributed by atoms with Gasteiger partial charge in [-0.3, -0.25) is 0 Å². The second-order valence-electron chi connectivity index (χ2n) is 6.34. The Morgan fingerprint density at radius 3 is 2.75 bits per heavy atom. The number of piperidine rings is 1. The van der Waals surface area contributed by atoms with Gasteiger partial charge in [-0.15, -0.1) is 0 Å². The van der Waals surface area contributed by atoms with Gasteiger partial charge in [0.05, 0.1) is 0 Å². The topological polar surface area (TPSA) is 49.8 Å². The SMILES string of the molecule is CC1(C)CC(CO)CN(C(=O)OCc2ccccc2)C1. The first-order valence-electron chi connectivity index (χ1n) is 7.07. The van der Waals surface area contributed by atoms with Gasteiger partial charge in [-0.05, 0) is 17.4 Å². The van der Waals surface area contributed by atoms with E-state index in [-0.39, 0.29) is 24.0 Å². The second kappa shape index (κ2) is 6.27. The number of nitrogens with zero attached hydrogens (tertiary/aromatic N) is 1. The number of benzene rings is 1. The van der Waals surface area contributed by atoms with Crippen molar-refractivity contribution in [2.24, 2.45) is 11.3 Å². The number of ether oxygens (including phenoxy) is 1. The molecule has 0 aromatic heterocycles. The molecule has 0 aliphatic carbocycles. The van der Waals surface area contributed by atoms with Crippen LogP contribution in [0.2, 0.25) is 0 Å². The maximum atomic E-state index is 12.1. The minimum absolute atomic E-state index is 0.0252. The third-order valence-electron chi connectivity index (χ3n) is 3.66. The highest BCUT2D eigenvalue weighted by molar-refractivity contribution is 5.67. The summed E-state index contributed by atoms with van der Waals surface area (Å²) in [6.07, 6.45) is 0.645. The van der Waals surface area contributed by atoms with Crippen LogP contribution in [0.3, 0.4) is 0 Å². The van der Waals surface area contributed by atoms with Crippen LogP contribution in [0.4, 0.5) is 4.79 Å². The molecule has 0 saturated carbocycles. The van der Waals surface area contributed by atoms with Crippen LogP contribution in [0.1, 0.15) is 25.8 Å². The van der Waals surface area contributed by atoms with Crippen molar-refractivity contribution >= 4 is 6.09 Å². The largest absolute Gasteiger partial charge is 0.445 e. The molecule has 1 atom stereocenters. The Hall–Kier alpha value is -1.55. The zero-order valence-electron chi connectivity index (χ0n) is 12.2. The molecule has 4 heteroatoms. The third kappa shape index (κ3) is 3.97. The van der Waals surface area contributed by atoms with Gasteiger partial charge in [-0.25, -0.2) is 4.79 Å². The molecule has 1 aromatic rings. The average molecular weight is 277 g/mol. The van der Waals surface area contributed by atoms with Crippen molar-refractivity contribution in [1.82, 2.24) is 4.90 Å². The van der Waals surface area contributed by atoms with E-state index in [1.54, 1.807) is 4.90 Å². The Morgan fingerprint density at radius 1 is 1.40 bits per heavy atom. The van der Waals surface area contributed by atoms with E-state index in [1.807, 2.05) is 30.3 Å². The first-order chi connectivity index (χ1) is 9.50. The zero-order chi connectivity index (χ0) is 14.6. The fraction of sp³-hybridized carbons (Fsp3) is 0.562. The molecular weight excluding hydrogens is 254 g/mol. The highest BCUT2D eigenvalue weighted by Crippen LogP contribution is 2.32. The summed E-state index contributed by atoms with van der Waals surface area (Å²) >= 11 is 0. The highest BCUT2D eigenvalue weighted by atomic mass is 16.6. The molecule has 1 heterocycles. The fourth-order valence-electron chi connectivity index (χ4n) is 2.88. The molecule has 1 fully saturated rings. The molecule has 1 N–H and O–H groups in total. The average Bonchev–Trinajstić information content (AvgIpc) is 2.44. The highest BCUT2D eigenvalue weighted by Gasteiger charge is 2.35. The Morgan fingerprint density at radius 2 is 2.10 bits per heavy atom. The standard InChI is InChI=1S/C16H23NO3/c1-16(2)8-14(10-18)9-17(12-16)15(19)20-11-13-6-4-3-5-7-13/h3-7,14,18H,8-12H2,1-2H3. The number of aliphatic hydroxyl groups is 1. The van der Waals surface area contributed by atoms with Crippen molar-refractivity contribution in [3.63, 3.8) is 0 Å². The normalized spacial score (nSPS) is 21.6. The number of aliphatic hydroxyl groups excluding tert-OH is 1. The first-order valence-corrected chi connectivity index (χ1v) is 7.07. The van der Waals surface area contributed by atoms with Crippen LogP contribution >= 0.6 is 0 Å². The predicted octanol–water partition coefficient (Wildman–Crippen LogP) is 2.66. The van der Waals surface area contributed by atoms with Crippen LogP contribution < -0.4 is 0 Å². The summed E-state index contributed by atoms with van der Waals surface area (Å²) in [5.41, 5.74) is 1.01. The van der Waals surface area contributed by atoms with Gasteiger partial charge in [0.25, 0.3) is 0 Å². The van der Waals surface area contributed by atoms with Crippen molar-refractivity contribution in [2.45, 2.75) is 26.9 Å². The van der Waals surface area contributed by atoms with Crippen molar-refractivity contribution in [3.8, 4) is 0 Å². The molecule has 1 saturated heterocycles. The van der Waals surface area contributed by atoms with E-state index in [4.69, 9.17) is 4.74 Å². The molecule has 2 rings (SSSR count). The van der Waals surface area contributed by atoms with Gasteiger partial charge in [-0.1, -0.05) is 44.2 Å². The van der Waals surface area contributed by atoms with E-state index in [0.29, 0.717) is 19.7 Å². The summed E-state index contributed by atoms with van der Waals surface area (Å²) in [7, 11) is 0. The van der Waals surface area contributed by atoms with E-state index in [0.717, 1.165) is 12.0 Å². The van der Waals surface area contributed by atoms with Gasteiger partial charge in [0.1, 0.15) is 6.61 Å². The van der Waals surface area contributed by atoms with Crippen molar-refractivity contribution in [2.75, 3.05) is 19.7 Å². The van der Waals surface area contributed by atoms with E-state index in [2.05, 4.69) is 13.8 Å². The first kappa shape index (κ1) is 14.9. The van der Waals surface area contributed by atoms with Crippen molar-refractivity contribution < 1.29 is 14.6 Å². The molecule has 0 spiro atoms. The Labute approximate surface area is 120 Å². The van der Waals surface area contributed by atoms with E-state index in [1.165, 1.54) is 0 Å². The summed E-state index contributed by atoms with van der Waals surface area (Å²) in [6, 6.07) is 9.65. The number of rotatable bonds is 3. The maximum Gasteiger partial charge on any atom is 0.410 e. The summed E-state index contributed by atoms with van der Waals surface area (Å²) in [4.78, 5) is 13.9. The van der Waals surface area contributed by atoms with E-state index >= 15 is 0 Å². The van der Waals surface area contributed by atoms with Crippen LogP contribution in [-0.4, -0.2) is 35.8 Å². The number of carbonyl (C=O) groups excluding carboxylic acids is 1. The van der Waals surface area contributed by atoms with Gasteiger partial charge in [0, 0.05) is 25.6 Å². The Bertz CT molecular complexity index is 444. The lowest BCUT2D eigenvalue weighted by molar-refractivity contribution is 0.0277. The molecule has 0 bridgehead atoms. The van der Waals surface area contributed by atoms with Gasteiger partial charge in [-0.2, -0.15) is 0 Å². The summed E-state index contributed by atoms with van der Waals surface area (Å²) < 4.78 is 5.36. The zero-order valence-corrected chi connectivity index (χ0v) is 12.2. The molecule has 110 valence electrons. The molecule has 1 amide bonds. The summed E-state index contributed by atoms with van der Waals surface area (Å²) in [5, 5.41) is 9.35. The molecule has 1 aromatic carbocycles. The maximum absolute atomic E-state index is 12.1. The van der Waals surface area contributed by atoms with Gasteiger partial charge in [0.15, 0.2) is 0 Å². The molecule has 0 radical (unpaired) electrons. The van der Waals surface area contributed by atoms with Crippen LogP contribution in [0.5, 0.6) is 0 Å². The Balaban J connectivity index is 1.91. The quantitative estimate of drug-likeness (QED) is 0.924. The van der Waals surface area contributed by atoms with Gasteiger partial charge < -0.3 is 14.7 Å². The fourth-order valence-corrected chi connectivity index (χ4v) is 2.88. The van der Waals surface area contributed by atoms with Crippen LogP contribution in [0.15, 0.2) is 30.3 Å². The Kier molecular flexibility index (Phi) is 4.65. The molecule has 1 aliphatic heterocycles. The number of likely N-dealkylation sites (tertiary alicyclic amines) is 1. The van der Waals surface area contributed by atoms with Crippen LogP contribution in [0.25, 0.3) is 0 Å². The molecular formula is C16H23NO3. The smallest absolute Gasteiger partial charge is 0.410 e. The lowest BCUT2D eigenvalue weighted by Gasteiger charge is -2.41. The van der Waals surface area contributed by atoms with Gasteiger partial charge in [0.2, 0.25) is 0 Å². The lowest BCUT2D eigenvalue weighted by Crippen LogP contribution is -2.48. The lowest BCUT2D eigenvalue weighted by atomic mass is 9.79. The molecule has 1 unspecified atom stereocenters. The van der Waals surface area contributed by atoms with Crippen molar-refractivity contribution in [3.05, 3.63) is 35.9 Å². The van der Waals surface area contributed by atoms with Crippen LogP contribution in [-0.2, 0) is 11.3 Å². The predicted molar refractivity (Wildman–Crippen MR) is 77.2 cm³/mol. The monoisotopic (exact) mass is 277 g/mol. The van der Waals surface area contributed by atoms with Gasteiger partial charge >= 0.3 is 6.09 Å².